The second-order valence-corrected chi connectivity index (χ2v) is 5.96. The number of aryl methyl sites for hydroxylation is 3. The molecule has 0 bridgehead atoms. The minimum atomic E-state index is -0.831. The monoisotopic (exact) mass is 314 g/mol. The SMILES string of the molecule is COC(C)(OC)c1cccc(C)c1OCc1c(C)cccc1C. The van der Waals surface area contributed by atoms with Gasteiger partial charge < -0.3 is 14.2 Å². The number of hydrogen-bond donors (Lipinski definition) is 0. The van der Waals surface area contributed by atoms with Crippen LogP contribution in [0.25, 0.3) is 0 Å². The second kappa shape index (κ2) is 7.16. The predicted octanol–water partition coefficient (Wildman–Crippen LogP) is 4.66. The summed E-state index contributed by atoms with van der Waals surface area (Å²) >= 11 is 0. The van der Waals surface area contributed by atoms with Gasteiger partial charge in [0.25, 0.3) is 0 Å². The molecular weight excluding hydrogens is 288 g/mol. The predicted molar refractivity (Wildman–Crippen MR) is 92.8 cm³/mol. The van der Waals surface area contributed by atoms with E-state index in [9.17, 15) is 0 Å². The molecule has 2 rings (SSSR count). The maximum absolute atomic E-state index is 6.21. The van der Waals surface area contributed by atoms with Crippen LogP contribution in [0.5, 0.6) is 5.75 Å². The molecule has 0 unspecified atom stereocenters. The van der Waals surface area contributed by atoms with E-state index in [0.717, 1.165) is 16.9 Å². The summed E-state index contributed by atoms with van der Waals surface area (Å²) in [4.78, 5) is 0. The summed E-state index contributed by atoms with van der Waals surface area (Å²) in [7, 11) is 3.28. The molecule has 23 heavy (non-hydrogen) atoms. The summed E-state index contributed by atoms with van der Waals surface area (Å²) < 4.78 is 17.3. The van der Waals surface area contributed by atoms with Crippen molar-refractivity contribution in [2.24, 2.45) is 0 Å². The fourth-order valence-electron chi connectivity index (χ4n) is 2.73. The van der Waals surface area contributed by atoms with Gasteiger partial charge in [-0.25, -0.2) is 0 Å². The summed E-state index contributed by atoms with van der Waals surface area (Å²) in [5, 5.41) is 0. The van der Waals surface area contributed by atoms with Crippen molar-refractivity contribution in [1.29, 1.82) is 0 Å². The van der Waals surface area contributed by atoms with E-state index in [0.29, 0.717) is 6.61 Å². The highest BCUT2D eigenvalue weighted by molar-refractivity contribution is 5.44. The molecule has 2 aromatic rings. The second-order valence-electron chi connectivity index (χ2n) is 5.96. The lowest BCUT2D eigenvalue weighted by Gasteiger charge is -2.29. The Kier molecular flexibility index (Phi) is 5.45. The molecule has 0 saturated heterocycles. The normalized spacial score (nSPS) is 11.6. The highest BCUT2D eigenvalue weighted by atomic mass is 16.7. The van der Waals surface area contributed by atoms with Crippen molar-refractivity contribution in [2.45, 2.75) is 40.1 Å². The molecule has 0 N–H and O–H groups in total. The van der Waals surface area contributed by atoms with Crippen LogP contribution in [0.2, 0.25) is 0 Å². The molecule has 0 aromatic heterocycles. The van der Waals surface area contributed by atoms with Gasteiger partial charge in [0.1, 0.15) is 12.4 Å². The van der Waals surface area contributed by atoms with Gasteiger partial charge in [-0.05, 0) is 56.0 Å². The Hall–Kier alpha value is -1.84. The Morgan fingerprint density at radius 2 is 1.35 bits per heavy atom. The molecule has 0 atom stereocenters. The molecule has 3 heteroatoms. The Morgan fingerprint density at radius 1 is 0.826 bits per heavy atom. The Bertz CT molecular complexity index is 652. The van der Waals surface area contributed by atoms with Crippen LogP contribution < -0.4 is 4.74 Å². The summed E-state index contributed by atoms with van der Waals surface area (Å²) in [6, 6.07) is 12.3. The van der Waals surface area contributed by atoms with E-state index in [1.807, 2.05) is 32.0 Å². The van der Waals surface area contributed by atoms with Crippen LogP contribution in [0.4, 0.5) is 0 Å². The van der Waals surface area contributed by atoms with Gasteiger partial charge in [-0.1, -0.05) is 30.3 Å². The molecule has 0 aliphatic carbocycles. The fraction of sp³-hybridized carbons (Fsp3) is 0.400. The van der Waals surface area contributed by atoms with Crippen molar-refractivity contribution >= 4 is 0 Å². The average molecular weight is 314 g/mol. The lowest BCUT2D eigenvalue weighted by molar-refractivity contribution is -0.202. The van der Waals surface area contributed by atoms with Crippen LogP contribution in [0.1, 0.15) is 34.7 Å². The lowest BCUT2D eigenvalue weighted by atomic mass is 10.0. The minimum absolute atomic E-state index is 0.528. The standard InChI is InChI=1S/C20H26O3/c1-14-9-7-10-15(2)17(14)13-23-19-16(3)11-8-12-18(19)20(4,21-5)22-6/h7-12H,13H2,1-6H3. The van der Waals surface area contributed by atoms with Crippen molar-refractivity contribution in [2.75, 3.05) is 14.2 Å². The summed E-state index contributed by atoms with van der Waals surface area (Å²) in [6.07, 6.45) is 0. The first kappa shape index (κ1) is 17.5. The topological polar surface area (TPSA) is 27.7 Å². The van der Waals surface area contributed by atoms with Crippen molar-refractivity contribution in [3.63, 3.8) is 0 Å². The van der Waals surface area contributed by atoms with E-state index in [-0.39, 0.29) is 0 Å². The van der Waals surface area contributed by atoms with Gasteiger partial charge in [0.05, 0.1) is 5.56 Å². The molecule has 0 aliphatic rings. The zero-order valence-electron chi connectivity index (χ0n) is 14.9. The highest BCUT2D eigenvalue weighted by Gasteiger charge is 2.30. The molecule has 124 valence electrons. The van der Waals surface area contributed by atoms with Gasteiger partial charge in [-0.3, -0.25) is 0 Å². The van der Waals surface area contributed by atoms with Gasteiger partial charge >= 0.3 is 0 Å². The highest BCUT2D eigenvalue weighted by Crippen LogP contribution is 2.36. The first-order valence-electron chi connectivity index (χ1n) is 7.81. The van der Waals surface area contributed by atoms with Gasteiger partial charge in [0.15, 0.2) is 5.79 Å². The summed E-state index contributed by atoms with van der Waals surface area (Å²) in [6.45, 7) is 8.68. The van der Waals surface area contributed by atoms with Gasteiger partial charge in [-0.15, -0.1) is 0 Å². The van der Waals surface area contributed by atoms with Gasteiger partial charge in [-0.2, -0.15) is 0 Å². The zero-order chi connectivity index (χ0) is 17.0. The first-order chi connectivity index (χ1) is 10.9. The number of benzene rings is 2. The van der Waals surface area contributed by atoms with Crippen LogP contribution in [-0.2, 0) is 21.9 Å². The molecule has 0 aliphatic heterocycles. The number of para-hydroxylation sites is 1. The van der Waals surface area contributed by atoms with Crippen LogP contribution in [-0.4, -0.2) is 14.2 Å². The maximum atomic E-state index is 6.21. The zero-order valence-corrected chi connectivity index (χ0v) is 14.9. The van der Waals surface area contributed by atoms with Gasteiger partial charge in [0, 0.05) is 14.2 Å². The largest absolute Gasteiger partial charge is 0.488 e. The van der Waals surface area contributed by atoms with Crippen molar-refractivity contribution in [1.82, 2.24) is 0 Å². The van der Waals surface area contributed by atoms with Crippen molar-refractivity contribution in [3.05, 3.63) is 64.2 Å². The Labute approximate surface area is 139 Å². The molecule has 0 fully saturated rings. The smallest absolute Gasteiger partial charge is 0.194 e. The lowest BCUT2D eigenvalue weighted by Crippen LogP contribution is -2.27. The quantitative estimate of drug-likeness (QED) is 0.726. The van der Waals surface area contributed by atoms with E-state index in [4.69, 9.17) is 14.2 Å². The molecule has 0 amide bonds. The van der Waals surface area contributed by atoms with E-state index in [1.54, 1.807) is 14.2 Å². The fourth-order valence-corrected chi connectivity index (χ4v) is 2.73. The minimum Gasteiger partial charge on any atom is -0.488 e. The summed E-state index contributed by atoms with van der Waals surface area (Å²) in [5.74, 6) is -0.0105. The maximum Gasteiger partial charge on any atom is 0.194 e. The van der Waals surface area contributed by atoms with Crippen LogP contribution in [0, 0.1) is 20.8 Å². The molecular formula is C20H26O3. The molecule has 0 saturated carbocycles. The number of ether oxygens (including phenoxy) is 3. The number of rotatable bonds is 6. The molecule has 0 spiro atoms. The van der Waals surface area contributed by atoms with E-state index >= 15 is 0 Å². The van der Waals surface area contributed by atoms with E-state index < -0.39 is 5.79 Å². The summed E-state index contributed by atoms with van der Waals surface area (Å²) in [5.41, 5.74) is 5.66. The first-order valence-corrected chi connectivity index (χ1v) is 7.81. The third-order valence-corrected chi connectivity index (χ3v) is 4.49. The van der Waals surface area contributed by atoms with Crippen LogP contribution in [0.3, 0.4) is 0 Å². The van der Waals surface area contributed by atoms with Crippen LogP contribution >= 0.6 is 0 Å². The van der Waals surface area contributed by atoms with E-state index in [2.05, 4.69) is 32.0 Å². The number of hydrogen-bond acceptors (Lipinski definition) is 3. The molecule has 0 heterocycles. The number of methoxy groups -OCH3 is 2. The Morgan fingerprint density at radius 3 is 1.91 bits per heavy atom. The third kappa shape index (κ3) is 3.57. The Balaban J connectivity index is 2.37. The average Bonchev–Trinajstić information content (AvgIpc) is 2.54. The van der Waals surface area contributed by atoms with E-state index in [1.165, 1.54) is 16.7 Å². The van der Waals surface area contributed by atoms with Crippen LogP contribution in [0.15, 0.2) is 36.4 Å². The molecule has 2 aromatic carbocycles. The van der Waals surface area contributed by atoms with Gasteiger partial charge in [0.2, 0.25) is 0 Å². The molecule has 3 nitrogen and oxygen atoms in total. The molecule has 0 radical (unpaired) electrons. The van der Waals surface area contributed by atoms with Crippen molar-refractivity contribution in [3.8, 4) is 5.75 Å². The third-order valence-electron chi connectivity index (χ3n) is 4.49. The van der Waals surface area contributed by atoms with Crippen molar-refractivity contribution < 1.29 is 14.2 Å².